The number of aromatic nitrogens is 5. The number of aliphatic hydroxyl groups is 1. The van der Waals surface area contributed by atoms with Crippen molar-refractivity contribution in [3.05, 3.63) is 53.9 Å². The minimum Gasteiger partial charge on any atom is -0.423 e. The molecule has 9 heteroatoms. The molecule has 35 heavy (non-hydrogen) atoms. The predicted octanol–water partition coefficient (Wildman–Crippen LogP) is 5.05. The topological polar surface area (TPSA) is 128 Å². The average molecular weight is 470 g/mol. The molecule has 1 aliphatic carbocycles. The molecular weight excluding hydrogens is 442 g/mol. The van der Waals surface area contributed by atoms with Gasteiger partial charge in [0.25, 0.3) is 6.01 Å². The molecule has 0 amide bonds. The number of oxazole rings is 1. The van der Waals surface area contributed by atoms with Gasteiger partial charge in [0.2, 0.25) is 0 Å². The largest absolute Gasteiger partial charge is 0.423 e. The minimum absolute atomic E-state index is 0.177. The molecule has 3 aromatic heterocycles. The van der Waals surface area contributed by atoms with Crippen LogP contribution in [0.4, 0.5) is 17.5 Å². The number of fused-ring (bicyclic) bond motifs is 2. The molecule has 1 fully saturated rings. The summed E-state index contributed by atoms with van der Waals surface area (Å²) < 4.78 is 7.90. The summed E-state index contributed by atoms with van der Waals surface area (Å²) in [4.78, 5) is 13.3. The number of aliphatic hydroxyl groups excluding tert-OH is 1. The van der Waals surface area contributed by atoms with E-state index in [4.69, 9.17) is 15.2 Å². The van der Waals surface area contributed by atoms with E-state index in [2.05, 4.69) is 26.3 Å². The lowest BCUT2D eigenvalue weighted by atomic mass is 9.93. The van der Waals surface area contributed by atoms with Gasteiger partial charge in [0.1, 0.15) is 23.4 Å². The van der Waals surface area contributed by atoms with Crippen molar-refractivity contribution in [1.82, 2.24) is 24.7 Å². The standard InChI is InChI=1S/C26H27N7O2/c1-14-11-15(2)23-20(12-14)31-26(35-23)30-17-5-3-16(4-6-17)22-21-24(27)28-13-29-25(21)33(32-22)18-7-9-19(34)10-8-18/h3-6,11-13,18-19,34H,7-10H2,1-2H3,(H,30,31)(H2,27,28,29)/t18-,19+. The number of nitrogens with two attached hydrogens (primary N) is 1. The molecule has 0 bridgehead atoms. The smallest absolute Gasteiger partial charge is 0.300 e. The Labute approximate surface area is 202 Å². The third-order valence-corrected chi connectivity index (χ3v) is 6.76. The molecule has 5 aromatic rings. The molecule has 0 saturated heterocycles. The minimum atomic E-state index is -0.235. The van der Waals surface area contributed by atoms with Crippen molar-refractivity contribution >= 4 is 39.7 Å². The Kier molecular flexibility index (Phi) is 5.14. The summed E-state index contributed by atoms with van der Waals surface area (Å²) in [5, 5.41) is 18.9. The highest BCUT2D eigenvalue weighted by atomic mass is 16.4. The second-order valence-corrected chi connectivity index (χ2v) is 9.36. The third-order valence-electron chi connectivity index (χ3n) is 6.76. The molecule has 0 radical (unpaired) electrons. The Morgan fingerprint density at radius 2 is 1.83 bits per heavy atom. The van der Waals surface area contributed by atoms with Crippen LogP contribution in [-0.4, -0.2) is 35.9 Å². The zero-order valence-corrected chi connectivity index (χ0v) is 19.7. The molecule has 3 heterocycles. The first-order valence-corrected chi connectivity index (χ1v) is 11.9. The molecule has 4 N–H and O–H groups in total. The quantitative estimate of drug-likeness (QED) is 0.333. The zero-order chi connectivity index (χ0) is 24.1. The van der Waals surface area contributed by atoms with E-state index in [0.29, 0.717) is 11.8 Å². The lowest BCUT2D eigenvalue weighted by Crippen LogP contribution is -2.22. The molecule has 178 valence electrons. The van der Waals surface area contributed by atoms with Gasteiger partial charge in [0, 0.05) is 11.3 Å². The first kappa shape index (κ1) is 21.5. The Hall–Kier alpha value is -3.98. The van der Waals surface area contributed by atoms with Crippen LogP contribution in [0.3, 0.4) is 0 Å². The van der Waals surface area contributed by atoms with Crippen LogP contribution >= 0.6 is 0 Å². The molecule has 0 spiro atoms. The van der Waals surface area contributed by atoms with Crippen LogP contribution in [0.1, 0.15) is 42.9 Å². The lowest BCUT2D eigenvalue weighted by molar-refractivity contribution is 0.109. The number of nitrogen functional groups attached to an aromatic ring is 1. The zero-order valence-electron chi connectivity index (χ0n) is 19.7. The third kappa shape index (κ3) is 3.87. The summed E-state index contributed by atoms with van der Waals surface area (Å²) in [5.74, 6) is 0.409. The molecule has 1 aliphatic rings. The normalized spacial score (nSPS) is 18.4. The Bertz CT molecular complexity index is 1530. The molecule has 0 aliphatic heterocycles. The molecule has 2 aromatic carbocycles. The number of anilines is 3. The Morgan fingerprint density at radius 3 is 2.60 bits per heavy atom. The van der Waals surface area contributed by atoms with E-state index in [1.54, 1.807) is 0 Å². The first-order valence-electron chi connectivity index (χ1n) is 11.9. The SMILES string of the molecule is Cc1cc(C)c2oc(Nc3ccc(-c4nn([C@H]5CC[C@@H](O)CC5)c5ncnc(N)c45)cc3)nc2c1. The van der Waals surface area contributed by atoms with Crippen molar-refractivity contribution in [3.63, 3.8) is 0 Å². The van der Waals surface area contributed by atoms with Gasteiger partial charge in [-0.1, -0.05) is 18.2 Å². The second-order valence-electron chi connectivity index (χ2n) is 9.36. The lowest BCUT2D eigenvalue weighted by Gasteiger charge is -2.25. The van der Waals surface area contributed by atoms with Crippen LogP contribution in [0, 0.1) is 13.8 Å². The monoisotopic (exact) mass is 469 g/mol. The van der Waals surface area contributed by atoms with E-state index in [9.17, 15) is 5.11 Å². The number of nitrogens with one attached hydrogen (secondary N) is 1. The van der Waals surface area contributed by atoms with Crippen LogP contribution in [0.2, 0.25) is 0 Å². The maximum absolute atomic E-state index is 9.92. The maximum atomic E-state index is 9.92. The highest BCUT2D eigenvalue weighted by Crippen LogP contribution is 2.36. The van der Waals surface area contributed by atoms with Crippen molar-refractivity contribution in [2.45, 2.75) is 51.7 Å². The van der Waals surface area contributed by atoms with Crippen LogP contribution in [0.25, 0.3) is 33.4 Å². The highest BCUT2D eigenvalue weighted by molar-refractivity contribution is 5.98. The van der Waals surface area contributed by atoms with Crippen molar-refractivity contribution < 1.29 is 9.52 Å². The van der Waals surface area contributed by atoms with E-state index >= 15 is 0 Å². The van der Waals surface area contributed by atoms with Crippen molar-refractivity contribution in [2.24, 2.45) is 0 Å². The average Bonchev–Trinajstić information content (AvgIpc) is 3.43. The fourth-order valence-corrected chi connectivity index (χ4v) is 5.02. The fourth-order valence-electron chi connectivity index (χ4n) is 5.02. The number of hydrogen-bond acceptors (Lipinski definition) is 8. The van der Waals surface area contributed by atoms with Gasteiger partial charge in [-0.25, -0.2) is 14.6 Å². The summed E-state index contributed by atoms with van der Waals surface area (Å²) in [6.07, 6.45) is 4.48. The van der Waals surface area contributed by atoms with E-state index in [1.165, 1.54) is 6.33 Å². The molecule has 9 nitrogen and oxygen atoms in total. The second kappa shape index (κ2) is 8.35. The van der Waals surface area contributed by atoms with Crippen LogP contribution in [0.15, 0.2) is 47.1 Å². The van der Waals surface area contributed by atoms with E-state index in [0.717, 1.165) is 75.9 Å². The molecular formula is C26H27N7O2. The molecule has 0 unspecified atom stereocenters. The van der Waals surface area contributed by atoms with Crippen LogP contribution < -0.4 is 11.1 Å². The van der Waals surface area contributed by atoms with Gasteiger partial charge >= 0.3 is 0 Å². The number of aryl methyl sites for hydroxylation is 2. The van der Waals surface area contributed by atoms with Gasteiger partial charge < -0.3 is 20.6 Å². The van der Waals surface area contributed by atoms with Gasteiger partial charge in [-0.05, 0) is 68.9 Å². The first-order chi connectivity index (χ1) is 17.0. The van der Waals surface area contributed by atoms with E-state index in [1.807, 2.05) is 48.9 Å². The predicted molar refractivity (Wildman–Crippen MR) is 135 cm³/mol. The summed E-state index contributed by atoms with van der Waals surface area (Å²) >= 11 is 0. The summed E-state index contributed by atoms with van der Waals surface area (Å²) in [6, 6.07) is 12.6. The van der Waals surface area contributed by atoms with E-state index in [-0.39, 0.29) is 12.1 Å². The fraction of sp³-hybridized carbons (Fsp3) is 0.308. The summed E-state index contributed by atoms with van der Waals surface area (Å²) in [5.41, 5.74) is 13.4. The Morgan fingerprint density at radius 1 is 1.06 bits per heavy atom. The van der Waals surface area contributed by atoms with Gasteiger partial charge in [0.05, 0.1) is 17.5 Å². The van der Waals surface area contributed by atoms with Crippen molar-refractivity contribution in [1.29, 1.82) is 0 Å². The Balaban J connectivity index is 1.32. The number of benzene rings is 2. The van der Waals surface area contributed by atoms with Gasteiger partial charge in [-0.15, -0.1) is 0 Å². The van der Waals surface area contributed by atoms with E-state index < -0.39 is 0 Å². The molecule has 6 rings (SSSR count). The molecule has 0 atom stereocenters. The number of nitrogens with zero attached hydrogens (tertiary/aromatic N) is 5. The van der Waals surface area contributed by atoms with Gasteiger partial charge in [-0.3, -0.25) is 0 Å². The van der Waals surface area contributed by atoms with Gasteiger partial charge in [-0.2, -0.15) is 10.1 Å². The van der Waals surface area contributed by atoms with Crippen LogP contribution in [-0.2, 0) is 0 Å². The van der Waals surface area contributed by atoms with Crippen molar-refractivity contribution in [2.75, 3.05) is 11.1 Å². The molecule has 1 saturated carbocycles. The number of rotatable bonds is 4. The number of hydrogen-bond donors (Lipinski definition) is 3. The highest BCUT2D eigenvalue weighted by Gasteiger charge is 2.26. The van der Waals surface area contributed by atoms with Crippen molar-refractivity contribution in [3.8, 4) is 11.3 Å². The summed E-state index contributed by atoms with van der Waals surface area (Å²) in [6.45, 7) is 4.07. The maximum Gasteiger partial charge on any atom is 0.300 e. The van der Waals surface area contributed by atoms with Gasteiger partial charge in [0.15, 0.2) is 11.2 Å². The van der Waals surface area contributed by atoms with Crippen LogP contribution in [0.5, 0.6) is 0 Å². The summed E-state index contributed by atoms with van der Waals surface area (Å²) in [7, 11) is 0.